The number of rotatable bonds is 9. The third-order valence-electron chi connectivity index (χ3n) is 3.38. The maximum atomic E-state index is 11.9. The van der Waals surface area contributed by atoms with Crippen molar-refractivity contribution in [2.45, 2.75) is 6.42 Å². The monoisotopic (exact) mass is 359 g/mol. The molecule has 0 heterocycles. The van der Waals surface area contributed by atoms with Crippen LogP contribution in [0.3, 0.4) is 0 Å². The number of anilines is 1. The lowest BCUT2D eigenvalue weighted by Gasteiger charge is -2.10. The summed E-state index contributed by atoms with van der Waals surface area (Å²) in [6.07, 6.45) is 0.0357. The summed E-state index contributed by atoms with van der Waals surface area (Å²) in [7, 11) is 3.09. The van der Waals surface area contributed by atoms with Crippen LogP contribution in [0, 0.1) is 0 Å². The van der Waals surface area contributed by atoms with Crippen LogP contribution >= 0.6 is 0 Å². The van der Waals surface area contributed by atoms with Gasteiger partial charge in [0.1, 0.15) is 17.2 Å². The molecule has 0 atom stereocenters. The summed E-state index contributed by atoms with van der Waals surface area (Å²) in [4.78, 5) is 23.5. The van der Waals surface area contributed by atoms with Gasteiger partial charge in [0, 0.05) is 0 Å². The van der Waals surface area contributed by atoms with Gasteiger partial charge in [0.2, 0.25) is 0 Å². The summed E-state index contributed by atoms with van der Waals surface area (Å²) < 4.78 is 20.6. The van der Waals surface area contributed by atoms with Crippen molar-refractivity contribution in [1.29, 1.82) is 0 Å². The van der Waals surface area contributed by atoms with Gasteiger partial charge >= 0.3 is 5.97 Å². The van der Waals surface area contributed by atoms with Gasteiger partial charge in [-0.25, -0.2) is 0 Å². The summed E-state index contributed by atoms with van der Waals surface area (Å²) in [5.41, 5.74) is 0.513. The molecule has 0 aliphatic carbocycles. The van der Waals surface area contributed by atoms with Crippen molar-refractivity contribution in [3.63, 3.8) is 0 Å². The van der Waals surface area contributed by atoms with Crippen LogP contribution in [0.25, 0.3) is 0 Å². The van der Waals surface area contributed by atoms with Gasteiger partial charge in [-0.2, -0.15) is 0 Å². The minimum atomic E-state index is -0.520. The molecule has 0 bridgehead atoms. The lowest BCUT2D eigenvalue weighted by molar-refractivity contribution is -0.147. The number of nitrogens with one attached hydrogen (secondary N) is 1. The van der Waals surface area contributed by atoms with Crippen LogP contribution in [0.5, 0.6) is 17.2 Å². The van der Waals surface area contributed by atoms with E-state index in [1.165, 1.54) is 7.11 Å². The van der Waals surface area contributed by atoms with Crippen LogP contribution < -0.4 is 19.5 Å². The molecule has 0 radical (unpaired) electrons. The number of carbonyl (C=O) groups is 2. The maximum absolute atomic E-state index is 11.9. The number of hydrogen-bond acceptors (Lipinski definition) is 6. The minimum absolute atomic E-state index is 0.0357. The van der Waals surface area contributed by atoms with E-state index < -0.39 is 11.9 Å². The highest BCUT2D eigenvalue weighted by molar-refractivity contribution is 5.94. The molecule has 1 amide bonds. The van der Waals surface area contributed by atoms with Crippen molar-refractivity contribution < 1.29 is 28.5 Å². The SMILES string of the molecule is COc1ccc(OCCC(=O)OCC(=O)Nc2ccccc2OC)cc1. The van der Waals surface area contributed by atoms with Gasteiger partial charge in [-0.15, -0.1) is 0 Å². The third-order valence-corrected chi connectivity index (χ3v) is 3.38. The van der Waals surface area contributed by atoms with E-state index in [9.17, 15) is 9.59 Å². The number of esters is 1. The van der Waals surface area contributed by atoms with E-state index >= 15 is 0 Å². The van der Waals surface area contributed by atoms with Gasteiger partial charge in [-0.3, -0.25) is 9.59 Å². The highest BCUT2D eigenvalue weighted by Gasteiger charge is 2.10. The van der Waals surface area contributed by atoms with Gasteiger partial charge in [0.15, 0.2) is 6.61 Å². The second-order valence-corrected chi connectivity index (χ2v) is 5.18. The van der Waals surface area contributed by atoms with Gasteiger partial charge in [0.05, 0.1) is 32.9 Å². The molecule has 0 fully saturated rings. The van der Waals surface area contributed by atoms with Crippen LogP contribution in [0.1, 0.15) is 6.42 Å². The zero-order valence-electron chi connectivity index (χ0n) is 14.7. The van der Waals surface area contributed by atoms with Gasteiger partial charge in [-0.05, 0) is 36.4 Å². The number of hydrogen-bond donors (Lipinski definition) is 1. The molecule has 138 valence electrons. The van der Waals surface area contributed by atoms with E-state index in [1.807, 2.05) is 0 Å². The zero-order chi connectivity index (χ0) is 18.8. The first-order valence-corrected chi connectivity index (χ1v) is 7.97. The van der Waals surface area contributed by atoms with Gasteiger partial charge in [0.25, 0.3) is 5.91 Å². The molecular weight excluding hydrogens is 338 g/mol. The fourth-order valence-corrected chi connectivity index (χ4v) is 2.08. The van der Waals surface area contributed by atoms with Crippen LogP contribution in [-0.4, -0.2) is 39.3 Å². The first-order chi connectivity index (χ1) is 12.6. The molecule has 2 rings (SSSR count). The molecule has 26 heavy (non-hydrogen) atoms. The molecule has 0 saturated carbocycles. The second kappa shape index (κ2) is 9.93. The van der Waals surface area contributed by atoms with Crippen molar-refractivity contribution in [3.8, 4) is 17.2 Å². The van der Waals surface area contributed by atoms with Crippen LogP contribution in [0.2, 0.25) is 0 Å². The first kappa shape index (κ1) is 19.1. The average molecular weight is 359 g/mol. The summed E-state index contributed by atoms with van der Waals surface area (Å²) in [5, 5.41) is 2.63. The highest BCUT2D eigenvalue weighted by Crippen LogP contribution is 2.22. The Morgan fingerprint density at radius 3 is 2.31 bits per heavy atom. The van der Waals surface area contributed by atoms with Crippen molar-refractivity contribution in [2.75, 3.05) is 32.8 Å². The predicted molar refractivity (Wildman–Crippen MR) is 95.7 cm³/mol. The van der Waals surface area contributed by atoms with Gasteiger partial charge in [-0.1, -0.05) is 12.1 Å². The predicted octanol–water partition coefficient (Wildman–Crippen LogP) is 2.65. The third kappa shape index (κ3) is 6.01. The molecule has 7 nitrogen and oxygen atoms in total. The number of amides is 1. The Labute approximate surface area is 151 Å². The normalized spacial score (nSPS) is 9.92. The second-order valence-electron chi connectivity index (χ2n) is 5.18. The minimum Gasteiger partial charge on any atom is -0.497 e. The van der Waals surface area contributed by atoms with E-state index in [0.717, 1.165) is 5.75 Å². The topological polar surface area (TPSA) is 83.1 Å². The molecule has 7 heteroatoms. The molecule has 0 aromatic heterocycles. The molecular formula is C19H21NO6. The van der Waals surface area contributed by atoms with E-state index in [2.05, 4.69) is 5.32 Å². The lowest BCUT2D eigenvalue weighted by Crippen LogP contribution is -2.21. The molecule has 2 aromatic rings. The lowest BCUT2D eigenvalue weighted by atomic mass is 10.3. The Bertz CT molecular complexity index is 729. The molecule has 0 saturated heterocycles. The van der Waals surface area contributed by atoms with Crippen molar-refractivity contribution in [1.82, 2.24) is 0 Å². The molecule has 0 spiro atoms. The van der Waals surface area contributed by atoms with Crippen LogP contribution in [0.4, 0.5) is 5.69 Å². The first-order valence-electron chi connectivity index (χ1n) is 7.97. The standard InChI is InChI=1S/C19H21NO6/c1-23-14-7-9-15(10-8-14)25-12-11-19(22)26-13-18(21)20-16-5-3-4-6-17(16)24-2/h3-10H,11-13H2,1-2H3,(H,20,21). The van der Waals surface area contributed by atoms with Crippen molar-refractivity contribution >= 4 is 17.6 Å². The van der Waals surface area contributed by atoms with E-state index in [0.29, 0.717) is 17.2 Å². The Hall–Kier alpha value is -3.22. The number of para-hydroxylation sites is 2. The molecule has 1 N–H and O–H groups in total. The molecule has 0 aliphatic heterocycles. The summed E-state index contributed by atoms with van der Waals surface area (Å²) in [5.74, 6) is 0.901. The smallest absolute Gasteiger partial charge is 0.309 e. The zero-order valence-corrected chi connectivity index (χ0v) is 14.7. The van der Waals surface area contributed by atoms with Crippen LogP contribution in [0.15, 0.2) is 48.5 Å². The van der Waals surface area contributed by atoms with E-state index in [1.54, 1.807) is 55.6 Å². The Morgan fingerprint density at radius 1 is 0.923 bits per heavy atom. The van der Waals surface area contributed by atoms with Crippen molar-refractivity contribution in [2.24, 2.45) is 0 Å². The summed E-state index contributed by atoms with van der Waals surface area (Å²) in [6.45, 7) is -0.224. The molecule has 0 unspecified atom stereocenters. The molecule has 0 aliphatic rings. The van der Waals surface area contributed by atoms with Crippen molar-refractivity contribution in [3.05, 3.63) is 48.5 Å². The quantitative estimate of drug-likeness (QED) is 0.693. The fraction of sp³-hybridized carbons (Fsp3) is 0.263. The Balaban J connectivity index is 1.68. The Morgan fingerprint density at radius 2 is 1.62 bits per heavy atom. The van der Waals surface area contributed by atoms with E-state index in [4.69, 9.17) is 18.9 Å². The molecule has 2 aromatic carbocycles. The number of ether oxygens (including phenoxy) is 4. The number of benzene rings is 2. The average Bonchev–Trinajstić information content (AvgIpc) is 2.67. The van der Waals surface area contributed by atoms with Crippen LogP contribution in [-0.2, 0) is 14.3 Å². The summed E-state index contributed by atoms with van der Waals surface area (Å²) in [6, 6.07) is 14.0. The fourth-order valence-electron chi connectivity index (χ4n) is 2.08. The Kier molecular flexibility index (Phi) is 7.30. The van der Waals surface area contributed by atoms with E-state index in [-0.39, 0.29) is 19.6 Å². The number of carbonyl (C=O) groups excluding carboxylic acids is 2. The summed E-state index contributed by atoms with van der Waals surface area (Å²) >= 11 is 0. The maximum Gasteiger partial charge on any atom is 0.309 e. The highest BCUT2D eigenvalue weighted by atomic mass is 16.5. The largest absolute Gasteiger partial charge is 0.497 e. The van der Waals surface area contributed by atoms with Gasteiger partial charge < -0.3 is 24.3 Å². The number of methoxy groups -OCH3 is 2.